The number of rotatable bonds is 4. The molecule has 1 fully saturated rings. The number of carbonyl (C=O) groups excluding carboxylic acids is 1. The zero-order chi connectivity index (χ0) is 17.2. The van der Waals surface area contributed by atoms with Gasteiger partial charge in [0.1, 0.15) is 5.69 Å². The summed E-state index contributed by atoms with van der Waals surface area (Å²) < 4.78 is 27.1. The first kappa shape index (κ1) is 18.1. The number of nitrogens with zero attached hydrogens (tertiary/aromatic N) is 3. The Morgan fingerprint density at radius 3 is 2.70 bits per heavy atom. The number of nitrogens with one attached hydrogen (secondary N) is 1. The van der Waals surface area contributed by atoms with E-state index in [4.69, 9.17) is 11.6 Å². The standard InChI is InChI=1S/C13H19ClN4O4S/c1-17(2)23(21,22)16-10-5-6-18(8-12(10)19)13(20)11-4-3-9(14)7-15-11/h3-4,7,10,12,16,19H,5-6,8H2,1-2H3/t10-,12-/m1/s1. The van der Waals surface area contributed by atoms with Crippen LogP contribution in [0.15, 0.2) is 18.3 Å². The van der Waals surface area contributed by atoms with Crippen LogP contribution in [-0.2, 0) is 10.2 Å². The van der Waals surface area contributed by atoms with Gasteiger partial charge in [-0.15, -0.1) is 0 Å². The molecule has 8 nitrogen and oxygen atoms in total. The number of carbonyl (C=O) groups is 1. The van der Waals surface area contributed by atoms with E-state index in [9.17, 15) is 18.3 Å². The van der Waals surface area contributed by atoms with Gasteiger partial charge in [0.2, 0.25) is 0 Å². The summed E-state index contributed by atoms with van der Waals surface area (Å²) in [7, 11) is -0.828. The second kappa shape index (κ2) is 7.10. The molecule has 2 atom stereocenters. The molecule has 23 heavy (non-hydrogen) atoms. The van der Waals surface area contributed by atoms with Crippen molar-refractivity contribution in [3.05, 3.63) is 29.0 Å². The van der Waals surface area contributed by atoms with Crippen LogP contribution in [0.3, 0.4) is 0 Å². The molecule has 2 N–H and O–H groups in total. The number of likely N-dealkylation sites (tertiary alicyclic amines) is 1. The Bertz CT molecular complexity index is 665. The molecular formula is C13H19ClN4O4S. The van der Waals surface area contributed by atoms with Crippen LogP contribution in [0.5, 0.6) is 0 Å². The van der Waals surface area contributed by atoms with Crippen molar-refractivity contribution < 1.29 is 18.3 Å². The Hall–Kier alpha value is -1.26. The lowest BCUT2D eigenvalue weighted by molar-refractivity contribution is 0.0360. The molecule has 0 bridgehead atoms. The van der Waals surface area contributed by atoms with E-state index in [1.807, 2.05) is 0 Å². The minimum absolute atomic E-state index is 0.0315. The van der Waals surface area contributed by atoms with Gasteiger partial charge in [-0.2, -0.15) is 17.4 Å². The normalized spacial score (nSPS) is 22.4. The van der Waals surface area contributed by atoms with Gasteiger partial charge in [0.05, 0.1) is 17.2 Å². The fourth-order valence-electron chi connectivity index (χ4n) is 2.21. The molecule has 1 aliphatic heterocycles. The molecule has 1 aliphatic rings. The van der Waals surface area contributed by atoms with Crippen molar-refractivity contribution in [1.29, 1.82) is 0 Å². The van der Waals surface area contributed by atoms with Crippen LogP contribution in [-0.4, -0.2) is 73.0 Å². The first-order valence-electron chi connectivity index (χ1n) is 6.99. The summed E-state index contributed by atoms with van der Waals surface area (Å²) in [6.45, 7) is 0.352. The third-order valence-corrected chi connectivity index (χ3v) is 5.38. The summed E-state index contributed by atoms with van der Waals surface area (Å²) in [5.41, 5.74) is 0.230. The van der Waals surface area contributed by atoms with Crippen LogP contribution < -0.4 is 4.72 Å². The highest BCUT2D eigenvalue weighted by Gasteiger charge is 2.33. The smallest absolute Gasteiger partial charge is 0.279 e. The number of hydrogen-bond donors (Lipinski definition) is 2. The van der Waals surface area contributed by atoms with Crippen molar-refractivity contribution >= 4 is 27.7 Å². The molecule has 0 unspecified atom stereocenters. The lowest BCUT2D eigenvalue weighted by Crippen LogP contribution is -2.56. The van der Waals surface area contributed by atoms with E-state index in [2.05, 4.69) is 9.71 Å². The summed E-state index contributed by atoms with van der Waals surface area (Å²) in [4.78, 5) is 17.7. The van der Waals surface area contributed by atoms with Crippen LogP contribution >= 0.6 is 11.6 Å². The summed E-state index contributed by atoms with van der Waals surface area (Å²) >= 11 is 5.73. The minimum atomic E-state index is -3.63. The largest absolute Gasteiger partial charge is 0.390 e. The van der Waals surface area contributed by atoms with Crippen molar-refractivity contribution in [2.45, 2.75) is 18.6 Å². The van der Waals surface area contributed by atoms with Gasteiger partial charge in [0.15, 0.2) is 0 Å². The third-order valence-electron chi connectivity index (χ3n) is 3.60. The van der Waals surface area contributed by atoms with E-state index >= 15 is 0 Å². The van der Waals surface area contributed by atoms with E-state index in [1.165, 1.54) is 31.3 Å². The first-order chi connectivity index (χ1) is 10.7. The number of amides is 1. The summed E-state index contributed by atoms with van der Waals surface area (Å²) in [6, 6.07) is 2.44. The van der Waals surface area contributed by atoms with E-state index in [0.29, 0.717) is 18.0 Å². The number of aromatic nitrogens is 1. The predicted molar refractivity (Wildman–Crippen MR) is 85.3 cm³/mol. The fraction of sp³-hybridized carbons (Fsp3) is 0.538. The molecule has 1 amide bonds. The monoisotopic (exact) mass is 362 g/mol. The molecule has 0 radical (unpaired) electrons. The van der Waals surface area contributed by atoms with Gasteiger partial charge in [-0.25, -0.2) is 4.98 Å². The highest BCUT2D eigenvalue weighted by Crippen LogP contribution is 2.16. The minimum Gasteiger partial charge on any atom is -0.390 e. The van der Waals surface area contributed by atoms with Gasteiger partial charge < -0.3 is 10.0 Å². The average molecular weight is 363 g/mol. The highest BCUT2D eigenvalue weighted by molar-refractivity contribution is 7.87. The molecule has 1 saturated heterocycles. The second-order valence-electron chi connectivity index (χ2n) is 5.48. The third kappa shape index (κ3) is 4.39. The summed E-state index contributed by atoms with van der Waals surface area (Å²) in [6.07, 6.45) is 0.700. The molecule has 0 aliphatic carbocycles. The van der Waals surface area contributed by atoms with Gasteiger partial charge in [-0.05, 0) is 18.6 Å². The van der Waals surface area contributed by atoms with Crippen LogP contribution in [0.2, 0.25) is 5.02 Å². The number of pyridine rings is 1. The average Bonchev–Trinajstić information content (AvgIpc) is 2.49. The zero-order valence-corrected chi connectivity index (χ0v) is 14.4. The number of aliphatic hydroxyl groups excluding tert-OH is 1. The Kier molecular flexibility index (Phi) is 5.58. The number of β-amino-alcohol motifs (C(OH)–C–C–N with tert-alkyl or cyclic N) is 1. The van der Waals surface area contributed by atoms with Crippen LogP contribution in [0.25, 0.3) is 0 Å². The van der Waals surface area contributed by atoms with E-state index in [0.717, 1.165) is 4.31 Å². The SMILES string of the molecule is CN(C)S(=O)(=O)N[C@@H]1CCN(C(=O)c2ccc(Cl)cn2)C[C@H]1O. The Labute approximate surface area is 140 Å². The zero-order valence-electron chi connectivity index (χ0n) is 12.8. The van der Waals surface area contributed by atoms with Crippen LogP contribution in [0.1, 0.15) is 16.9 Å². The maximum Gasteiger partial charge on any atom is 0.279 e. The molecule has 2 rings (SSSR count). The first-order valence-corrected chi connectivity index (χ1v) is 8.81. The quantitative estimate of drug-likeness (QED) is 0.766. The molecule has 2 heterocycles. The molecule has 0 aromatic carbocycles. The summed E-state index contributed by atoms with van der Waals surface area (Å²) in [5, 5.41) is 10.6. The van der Waals surface area contributed by atoms with Gasteiger partial charge in [-0.3, -0.25) is 4.79 Å². The number of halogens is 1. The van der Waals surface area contributed by atoms with Crippen LogP contribution in [0.4, 0.5) is 0 Å². The maximum absolute atomic E-state index is 12.3. The number of hydrogen-bond acceptors (Lipinski definition) is 5. The Morgan fingerprint density at radius 1 is 1.48 bits per heavy atom. The van der Waals surface area contributed by atoms with Gasteiger partial charge in [0, 0.05) is 33.4 Å². The van der Waals surface area contributed by atoms with Gasteiger partial charge in [0.25, 0.3) is 16.1 Å². The van der Waals surface area contributed by atoms with Crippen molar-refractivity contribution in [2.24, 2.45) is 0 Å². The summed E-state index contributed by atoms with van der Waals surface area (Å²) in [5.74, 6) is -0.324. The fourth-order valence-corrected chi connectivity index (χ4v) is 3.19. The molecule has 128 valence electrons. The van der Waals surface area contributed by atoms with Crippen molar-refractivity contribution in [3.63, 3.8) is 0 Å². The molecule has 1 aromatic rings. The van der Waals surface area contributed by atoms with Crippen LogP contribution in [0, 0.1) is 0 Å². The second-order valence-corrected chi connectivity index (χ2v) is 7.83. The maximum atomic E-state index is 12.3. The predicted octanol–water partition coefficient (Wildman–Crippen LogP) is -0.294. The molecular weight excluding hydrogens is 344 g/mol. The number of piperidine rings is 1. The highest BCUT2D eigenvalue weighted by atomic mass is 35.5. The topological polar surface area (TPSA) is 103 Å². The van der Waals surface area contributed by atoms with E-state index in [-0.39, 0.29) is 18.1 Å². The molecule has 10 heteroatoms. The molecule has 1 aromatic heterocycles. The van der Waals surface area contributed by atoms with Gasteiger partial charge >= 0.3 is 0 Å². The van der Waals surface area contributed by atoms with E-state index in [1.54, 1.807) is 6.07 Å². The van der Waals surface area contributed by atoms with Crippen molar-refractivity contribution in [3.8, 4) is 0 Å². The number of aliphatic hydroxyl groups is 1. The molecule has 0 spiro atoms. The van der Waals surface area contributed by atoms with Gasteiger partial charge in [-0.1, -0.05) is 11.6 Å². The van der Waals surface area contributed by atoms with Crippen molar-refractivity contribution in [2.75, 3.05) is 27.2 Å². The molecule has 0 saturated carbocycles. The van der Waals surface area contributed by atoms with E-state index < -0.39 is 22.4 Å². The van der Waals surface area contributed by atoms with Crippen molar-refractivity contribution in [1.82, 2.24) is 18.9 Å². The Morgan fingerprint density at radius 2 is 2.17 bits per heavy atom. The lowest BCUT2D eigenvalue weighted by Gasteiger charge is -2.36. The Balaban J connectivity index is 2.01. The lowest BCUT2D eigenvalue weighted by atomic mass is 10.0.